The molecule has 2 aromatic carbocycles. The minimum absolute atomic E-state index is 0.107. The van der Waals surface area contributed by atoms with Gasteiger partial charge in [0, 0.05) is 18.1 Å². The number of fused-ring (bicyclic) bond motifs is 1. The summed E-state index contributed by atoms with van der Waals surface area (Å²) in [5, 5.41) is 1.56. The molecule has 3 N–H and O–H groups in total. The van der Waals surface area contributed by atoms with Crippen LogP contribution in [0.5, 0.6) is 0 Å². The number of nitrogens with two attached hydrogens (primary N) is 1. The van der Waals surface area contributed by atoms with Crippen LogP contribution in [0.3, 0.4) is 0 Å². The van der Waals surface area contributed by atoms with Crippen LogP contribution in [-0.2, 0) is 17.3 Å². The Morgan fingerprint density at radius 3 is 2.65 bits per heavy atom. The van der Waals surface area contributed by atoms with Crippen molar-refractivity contribution in [1.82, 2.24) is 9.71 Å². The summed E-state index contributed by atoms with van der Waals surface area (Å²) in [4.78, 5) is 4.00. The first-order valence-electron chi connectivity index (χ1n) is 7.96. The average Bonchev–Trinajstić information content (AvgIpc) is 2.60. The van der Waals surface area contributed by atoms with E-state index < -0.39 is 22.5 Å². The number of nitrogens with one attached hydrogen (secondary N) is 1. The fourth-order valence-electron chi connectivity index (χ4n) is 2.82. The highest BCUT2D eigenvalue weighted by Crippen LogP contribution is 2.31. The van der Waals surface area contributed by atoms with Gasteiger partial charge in [-0.05, 0) is 47.6 Å². The number of rotatable bonds is 6. The second-order valence-corrected chi connectivity index (χ2v) is 6.67. The van der Waals surface area contributed by atoms with Crippen LogP contribution in [-0.4, -0.2) is 19.9 Å². The number of hydrogen-bond donors (Lipinski definition) is 3. The lowest BCUT2D eigenvalue weighted by Crippen LogP contribution is -2.13. The van der Waals surface area contributed by atoms with E-state index in [1.807, 2.05) is 0 Å². The van der Waals surface area contributed by atoms with Crippen molar-refractivity contribution in [3.63, 3.8) is 0 Å². The standard InChI is InChI=1S/C18H17F2N3O2S/c19-15-6-5-11(2-1-7-23-26(24)25)18(20)17(15)13-4-3-12-9-16(21)22-10-14(12)8-13/h3-6,8-10,26H,1-2,7H2,(H2,21,22)(H,23,24,25). The third kappa shape index (κ3) is 3.97. The van der Waals surface area contributed by atoms with Crippen LogP contribution in [0.2, 0.25) is 0 Å². The van der Waals surface area contributed by atoms with E-state index >= 15 is 0 Å². The fourth-order valence-corrected chi connectivity index (χ4v) is 3.16. The third-order valence-electron chi connectivity index (χ3n) is 4.07. The van der Waals surface area contributed by atoms with Gasteiger partial charge in [0.15, 0.2) is 0 Å². The molecule has 0 bridgehead atoms. The molecule has 3 aromatic rings. The highest BCUT2D eigenvalue weighted by atomic mass is 32.2. The summed E-state index contributed by atoms with van der Waals surface area (Å²) in [5.74, 6) is -0.924. The average molecular weight is 377 g/mol. The van der Waals surface area contributed by atoms with Gasteiger partial charge in [-0.2, -0.15) is 0 Å². The van der Waals surface area contributed by atoms with Crippen molar-refractivity contribution in [3.8, 4) is 11.1 Å². The van der Waals surface area contributed by atoms with Crippen molar-refractivity contribution in [2.24, 2.45) is 0 Å². The van der Waals surface area contributed by atoms with E-state index in [1.54, 1.807) is 30.5 Å². The molecule has 5 nitrogen and oxygen atoms in total. The molecule has 0 atom stereocenters. The maximum atomic E-state index is 14.9. The van der Waals surface area contributed by atoms with E-state index in [-0.39, 0.29) is 12.1 Å². The first kappa shape index (κ1) is 18.2. The number of anilines is 1. The molecule has 0 fully saturated rings. The summed E-state index contributed by atoms with van der Waals surface area (Å²) in [6.07, 6.45) is 2.26. The SMILES string of the molecule is Nc1cc2ccc(-c3c(F)ccc(CCCN[SH](=O)=O)c3F)cc2cn1. The van der Waals surface area contributed by atoms with Gasteiger partial charge < -0.3 is 5.73 Å². The zero-order valence-corrected chi connectivity index (χ0v) is 14.6. The zero-order valence-electron chi connectivity index (χ0n) is 13.7. The molecule has 26 heavy (non-hydrogen) atoms. The van der Waals surface area contributed by atoms with Crippen molar-refractivity contribution in [2.75, 3.05) is 12.3 Å². The van der Waals surface area contributed by atoms with Crippen molar-refractivity contribution < 1.29 is 17.2 Å². The third-order valence-corrected chi connectivity index (χ3v) is 4.55. The van der Waals surface area contributed by atoms with Crippen LogP contribution in [0, 0.1) is 11.6 Å². The monoisotopic (exact) mass is 377 g/mol. The summed E-state index contributed by atoms with van der Waals surface area (Å²) in [6.45, 7) is 0.202. The van der Waals surface area contributed by atoms with Crippen molar-refractivity contribution >= 4 is 27.5 Å². The lowest BCUT2D eigenvalue weighted by atomic mass is 9.97. The summed E-state index contributed by atoms with van der Waals surface area (Å²) in [5.41, 5.74) is 6.27. The second kappa shape index (κ2) is 7.76. The smallest absolute Gasteiger partial charge is 0.201 e. The number of pyridine rings is 1. The molecule has 0 aliphatic carbocycles. The summed E-state index contributed by atoms with van der Waals surface area (Å²) in [7, 11) is -2.67. The quantitative estimate of drug-likeness (QED) is 0.456. The van der Waals surface area contributed by atoms with Gasteiger partial charge in [0.25, 0.3) is 0 Å². The van der Waals surface area contributed by atoms with Crippen molar-refractivity contribution in [3.05, 3.63) is 59.8 Å². The van der Waals surface area contributed by atoms with E-state index in [1.165, 1.54) is 12.1 Å². The Balaban J connectivity index is 1.94. The molecule has 0 saturated carbocycles. The van der Waals surface area contributed by atoms with Gasteiger partial charge in [0.2, 0.25) is 10.9 Å². The van der Waals surface area contributed by atoms with Crippen molar-refractivity contribution in [1.29, 1.82) is 0 Å². The largest absolute Gasteiger partial charge is 0.384 e. The Hall–Kier alpha value is -2.58. The Bertz CT molecular complexity index is 1030. The molecule has 0 aliphatic heterocycles. The Morgan fingerprint density at radius 2 is 1.88 bits per heavy atom. The van der Waals surface area contributed by atoms with Crippen molar-refractivity contribution in [2.45, 2.75) is 12.8 Å². The molecule has 0 aliphatic rings. The van der Waals surface area contributed by atoms with Crippen LogP contribution in [0.1, 0.15) is 12.0 Å². The van der Waals surface area contributed by atoms with Crippen LogP contribution >= 0.6 is 0 Å². The van der Waals surface area contributed by atoms with E-state index in [0.29, 0.717) is 29.8 Å². The number of hydrogen-bond acceptors (Lipinski definition) is 4. The number of aromatic nitrogens is 1. The summed E-state index contributed by atoms with van der Waals surface area (Å²) in [6, 6.07) is 9.34. The lowest BCUT2D eigenvalue weighted by Gasteiger charge is -2.11. The van der Waals surface area contributed by atoms with Gasteiger partial charge >= 0.3 is 0 Å². The van der Waals surface area contributed by atoms with E-state index in [9.17, 15) is 17.2 Å². The minimum Gasteiger partial charge on any atom is -0.384 e. The Labute approximate surface area is 150 Å². The molecule has 1 heterocycles. The van der Waals surface area contributed by atoms with Gasteiger partial charge in [0.05, 0.1) is 5.56 Å². The number of nitrogens with zero attached hydrogens (tertiary/aromatic N) is 1. The van der Waals surface area contributed by atoms with Gasteiger partial charge in [0.1, 0.15) is 17.5 Å². The topological polar surface area (TPSA) is 85.1 Å². The second-order valence-electron chi connectivity index (χ2n) is 5.84. The van der Waals surface area contributed by atoms with Crippen LogP contribution < -0.4 is 10.5 Å². The zero-order chi connectivity index (χ0) is 18.7. The molecule has 0 saturated heterocycles. The van der Waals surface area contributed by atoms with Gasteiger partial charge in [-0.25, -0.2) is 26.9 Å². The number of thiol groups is 1. The lowest BCUT2D eigenvalue weighted by molar-refractivity contribution is 0.573. The molecule has 0 radical (unpaired) electrons. The Morgan fingerprint density at radius 1 is 1.08 bits per heavy atom. The minimum atomic E-state index is -2.67. The number of halogens is 2. The molecule has 0 unspecified atom stereocenters. The first-order valence-corrected chi connectivity index (χ1v) is 9.14. The van der Waals surface area contributed by atoms with Gasteiger partial charge in [-0.1, -0.05) is 18.2 Å². The van der Waals surface area contributed by atoms with Crippen LogP contribution in [0.25, 0.3) is 21.9 Å². The van der Waals surface area contributed by atoms with Gasteiger partial charge in [-0.3, -0.25) is 0 Å². The molecule has 0 amide bonds. The number of benzene rings is 2. The highest BCUT2D eigenvalue weighted by molar-refractivity contribution is 7.70. The van der Waals surface area contributed by atoms with E-state index in [0.717, 1.165) is 10.8 Å². The molecule has 0 spiro atoms. The normalized spacial score (nSPS) is 11.3. The molecule has 136 valence electrons. The molecule has 8 heteroatoms. The molecular weight excluding hydrogens is 360 g/mol. The molecule has 3 rings (SSSR count). The van der Waals surface area contributed by atoms with Gasteiger partial charge in [-0.15, -0.1) is 0 Å². The molecular formula is C18H17F2N3O2S. The maximum Gasteiger partial charge on any atom is 0.201 e. The molecule has 1 aromatic heterocycles. The van der Waals surface area contributed by atoms with E-state index in [4.69, 9.17) is 5.73 Å². The predicted octanol–water partition coefficient (Wildman–Crippen LogP) is 2.81. The number of aryl methyl sites for hydroxylation is 1. The highest BCUT2D eigenvalue weighted by Gasteiger charge is 2.16. The summed E-state index contributed by atoms with van der Waals surface area (Å²) < 4.78 is 52.4. The predicted molar refractivity (Wildman–Crippen MR) is 98.1 cm³/mol. The van der Waals surface area contributed by atoms with Crippen LogP contribution in [0.4, 0.5) is 14.6 Å². The Kier molecular flexibility index (Phi) is 5.43. The first-order chi connectivity index (χ1) is 12.5. The summed E-state index contributed by atoms with van der Waals surface area (Å²) >= 11 is 0. The fraction of sp³-hybridized carbons (Fsp3) is 0.167. The van der Waals surface area contributed by atoms with E-state index in [2.05, 4.69) is 9.71 Å². The number of nitrogen functional groups attached to an aromatic ring is 1. The maximum absolute atomic E-state index is 14.9. The van der Waals surface area contributed by atoms with Crippen LogP contribution in [0.15, 0.2) is 42.6 Å².